The topological polar surface area (TPSA) is 32.3 Å². The molecule has 0 radical (unpaired) electrons. The molecule has 1 atom stereocenters. The predicted octanol–water partition coefficient (Wildman–Crippen LogP) is 1.94. The molecule has 1 saturated heterocycles. The zero-order valence-corrected chi connectivity index (χ0v) is 9.38. The normalized spacial score (nSPS) is 20.4. The number of carbonyl (C=O) groups is 1. The highest BCUT2D eigenvalue weighted by atomic mass is 16.2. The number of carbonyl (C=O) groups excluding carboxylic acids is 1. The van der Waals surface area contributed by atoms with Gasteiger partial charge in [-0.3, -0.25) is 10.2 Å². The summed E-state index contributed by atoms with van der Waals surface area (Å²) in [4.78, 5) is 11.5. The van der Waals surface area contributed by atoms with Crippen LogP contribution < -0.4 is 5.43 Å². The third-order valence-electron chi connectivity index (χ3n) is 2.87. The smallest absolute Gasteiger partial charge is 0.234 e. The van der Waals surface area contributed by atoms with Crippen LogP contribution in [0.4, 0.5) is 0 Å². The fourth-order valence-electron chi connectivity index (χ4n) is 1.69. The fourth-order valence-corrected chi connectivity index (χ4v) is 1.69. The summed E-state index contributed by atoms with van der Waals surface area (Å²) in [5.41, 5.74) is 2.98. The molecule has 3 heteroatoms. The number of nitrogens with zero attached hydrogens (tertiary/aromatic N) is 1. The molecule has 0 aliphatic carbocycles. The van der Waals surface area contributed by atoms with Crippen LogP contribution in [0.5, 0.6) is 0 Å². The summed E-state index contributed by atoms with van der Waals surface area (Å²) in [7, 11) is 0. The number of amides is 1. The average Bonchev–Trinajstić information content (AvgIpc) is 2.19. The molecular weight excluding hydrogens is 176 g/mol. The lowest BCUT2D eigenvalue weighted by Crippen LogP contribution is -2.45. The molecule has 0 aromatic heterocycles. The lowest BCUT2D eigenvalue weighted by atomic mass is 10.1. The number of hydrogen-bond acceptors (Lipinski definition) is 2. The van der Waals surface area contributed by atoms with Gasteiger partial charge in [0.05, 0.1) is 0 Å². The van der Waals surface area contributed by atoms with Crippen LogP contribution in [0.3, 0.4) is 0 Å². The predicted molar refractivity (Wildman–Crippen MR) is 57.6 cm³/mol. The average molecular weight is 198 g/mol. The van der Waals surface area contributed by atoms with E-state index in [1.165, 1.54) is 19.3 Å². The molecule has 0 saturated carbocycles. The van der Waals surface area contributed by atoms with Gasteiger partial charge in [0.25, 0.3) is 0 Å². The van der Waals surface area contributed by atoms with Crippen LogP contribution in [-0.4, -0.2) is 24.0 Å². The van der Waals surface area contributed by atoms with Crippen molar-refractivity contribution >= 4 is 5.91 Å². The third kappa shape index (κ3) is 4.09. The maximum Gasteiger partial charge on any atom is 0.234 e. The van der Waals surface area contributed by atoms with Crippen LogP contribution in [0.2, 0.25) is 0 Å². The quantitative estimate of drug-likeness (QED) is 0.748. The summed E-state index contributed by atoms with van der Waals surface area (Å²) in [6.45, 7) is 6.28. The lowest BCUT2D eigenvalue weighted by molar-refractivity contribution is -0.127. The molecule has 1 fully saturated rings. The zero-order valence-electron chi connectivity index (χ0n) is 9.38. The van der Waals surface area contributed by atoms with Crippen molar-refractivity contribution in [2.45, 2.75) is 46.0 Å². The second kappa shape index (κ2) is 6.02. The summed E-state index contributed by atoms with van der Waals surface area (Å²) in [5.74, 6) is 0.682. The molecule has 14 heavy (non-hydrogen) atoms. The van der Waals surface area contributed by atoms with E-state index in [1.54, 1.807) is 0 Å². The van der Waals surface area contributed by atoms with E-state index in [1.807, 2.05) is 0 Å². The molecule has 1 aliphatic rings. The van der Waals surface area contributed by atoms with Gasteiger partial charge in [-0.2, -0.15) is 0 Å². The molecule has 0 bridgehead atoms. The largest absolute Gasteiger partial charge is 0.289 e. The number of rotatable bonds is 4. The van der Waals surface area contributed by atoms with E-state index in [4.69, 9.17) is 0 Å². The summed E-state index contributed by atoms with van der Waals surface area (Å²) < 4.78 is 0. The van der Waals surface area contributed by atoms with Crippen LogP contribution in [0.1, 0.15) is 46.0 Å². The van der Waals surface area contributed by atoms with Gasteiger partial charge < -0.3 is 0 Å². The van der Waals surface area contributed by atoms with Crippen LogP contribution in [-0.2, 0) is 4.79 Å². The summed E-state index contributed by atoms with van der Waals surface area (Å²) in [6, 6.07) is 0. The molecule has 1 heterocycles. The second-order valence-corrected chi connectivity index (χ2v) is 4.30. The first kappa shape index (κ1) is 11.5. The van der Waals surface area contributed by atoms with E-state index in [9.17, 15) is 4.79 Å². The Morgan fingerprint density at radius 2 is 2.00 bits per heavy atom. The Morgan fingerprint density at radius 1 is 1.36 bits per heavy atom. The van der Waals surface area contributed by atoms with Gasteiger partial charge in [0.15, 0.2) is 0 Å². The van der Waals surface area contributed by atoms with Gasteiger partial charge in [0.2, 0.25) is 5.91 Å². The van der Waals surface area contributed by atoms with Crippen LogP contribution in [0.15, 0.2) is 0 Å². The van der Waals surface area contributed by atoms with Crippen LogP contribution >= 0.6 is 0 Å². The molecule has 1 N–H and O–H groups in total. The monoisotopic (exact) mass is 198 g/mol. The highest BCUT2D eigenvalue weighted by molar-refractivity contribution is 5.75. The van der Waals surface area contributed by atoms with E-state index in [0.717, 1.165) is 19.5 Å². The number of nitrogens with one attached hydrogen (secondary N) is 1. The molecule has 1 rings (SSSR count). The Kier molecular flexibility index (Phi) is 4.94. The minimum absolute atomic E-state index is 0.182. The molecule has 1 amide bonds. The Hall–Kier alpha value is -0.570. The maximum absolute atomic E-state index is 11.5. The maximum atomic E-state index is 11.5. The van der Waals surface area contributed by atoms with E-state index in [-0.39, 0.29) is 5.91 Å². The van der Waals surface area contributed by atoms with Crippen molar-refractivity contribution in [1.29, 1.82) is 0 Å². The zero-order chi connectivity index (χ0) is 10.4. The Bertz CT molecular complexity index is 176. The minimum Gasteiger partial charge on any atom is -0.289 e. The highest BCUT2D eigenvalue weighted by Crippen LogP contribution is 2.08. The standard InChI is InChI=1S/C11H22N2O/c1-3-10(2)9-11(14)12-13-7-5-4-6-8-13/h10H,3-9H2,1-2H3,(H,12,14)/t10-/m0/s1. The van der Waals surface area contributed by atoms with Crippen molar-refractivity contribution in [3.63, 3.8) is 0 Å². The SMILES string of the molecule is CC[C@H](C)CC(=O)NN1CCCCC1. The van der Waals surface area contributed by atoms with Crippen molar-refractivity contribution in [3.8, 4) is 0 Å². The number of piperidine rings is 1. The van der Waals surface area contributed by atoms with Gasteiger partial charge in [0.1, 0.15) is 0 Å². The van der Waals surface area contributed by atoms with Crippen molar-refractivity contribution in [2.75, 3.05) is 13.1 Å². The van der Waals surface area contributed by atoms with Gasteiger partial charge in [-0.05, 0) is 18.8 Å². The molecule has 82 valence electrons. The van der Waals surface area contributed by atoms with Gasteiger partial charge in [-0.15, -0.1) is 0 Å². The molecule has 0 aromatic carbocycles. The van der Waals surface area contributed by atoms with Gasteiger partial charge in [0, 0.05) is 19.5 Å². The van der Waals surface area contributed by atoms with E-state index < -0.39 is 0 Å². The highest BCUT2D eigenvalue weighted by Gasteiger charge is 2.13. The lowest BCUT2D eigenvalue weighted by Gasteiger charge is -2.27. The van der Waals surface area contributed by atoms with Gasteiger partial charge in [-0.1, -0.05) is 26.7 Å². The number of hydrogen-bond donors (Lipinski definition) is 1. The van der Waals surface area contributed by atoms with Crippen LogP contribution in [0, 0.1) is 5.92 Å². The van der Waals surface area contributed by atoms with E-state index in [0.29, 0.717) is 12.3 Å². The molecule has 0 spiro atoms. The van der Waals surface area contributed by atoms with Crippen LogP contribution in [0.25, 0.3) is 0 Å². The summed E-state index contributed by atoms with van der Waals surface area (Å²) >= 11 is 0. The first-order valence-corrected chi connectivity index (χ1v) is 5.76. The van der Waals surface area contributed by atoms with E-state index >= 15 is 0 Å². The fraction of sp³-hybridized carbons (Fsp3) is 0.909. The second-order valence-electron chi connectivity index (χ2n) is 4.30. The first-order chi connectivity index (χ1) is 6.72. The third-order valence-corrected chi connectivity index (χ3v) is 2.87. The van der Waals surface area contributed by atoms with Crippen molar-refractivity contribution in [3.05, 3.63) is 0 Å². The van der Waals surface area contributed by atoms with E-state index in [2.05, 4.69) is 24.3 Å². The van der Waals surface area contributed by atoms with Crippen molar-refractivity contribution < 1.29 is 4.79 Å². The molecular formula is C11H22N2O. The molecule has 0 unspecified atom stereocenters. The molecule has 1 aliphatic heterocycles. The molecule has 0 aromatic rings. The number of hydrazine groups is 1. The Morgan fingerprint density at radius 3 is 2.57 bits per heavy atom. The summed E-state index contributed by atoms with van der Waals surface area (Å²) in [6.07, 6.45) is 5.46. The van der Waals surface area contributed by atoms with Gasteiger partial charge >= 0.3 is 0 Å². The minimum atomic E-state index is 0.182. The van der Waals surface area contributed by atoms with Crippen molar-refractivity contribution in [1.82, 2.24) is 10.4 Å². The van der Waals surface area contributed by atoms with Crippen molar-refractivity contribution in [2.24, 2.45) is 5.92 Å². The summed E-state index contributed by atoms with van der Waals surface area (Å²) in [5, 5.41) is 2.06. The Labute approximate surface area is 86.8 Å². The molecule has 3 nitrogen and oxygen atoms in total. The Balaban J connectivity index is 2.18. The van der Waals surface area contributed by atoms with Gasteiger partial charge in [-0.25, -0.2) is 5.01 Å². The first-order valence-electron chi connectivity index (χ1n) is 5.76.